The Morgan fingerprint density at radius 2 is 1.85 bits per heavy atom. The van der Waals surface area contributed by atoms with Crippen molar-refractivity contribution in [2.24, 2.45) is 0 Å². The van der Waals surface area contributed by atoms with E-state index in [0.29, 0.717) is 31.3 Å². The average Bonchev–Trinajstić information content (AvgIpc) is 2.69. The van der Waals surface area contributed by atoms with Gasteiger partial charge >= 0.3 is 0 Å². The van der Waals surface area contributed by atoms with E-state index in [1.54, 1.807) is 6.20 Å². The zero-order chi connectivity index (χ0) is 19.4. The highest BCUT2D eigenvalue weighted by molar-refractivity contribution is 6.01. The number of aromatic nitrogens is 1. The molecule has 0 atom stereocenters. The number of benzene rings is 1. The molecule has 2 N–H and O–H groups in total. The smallest absolute Gasteiger partial charge is 0.107 e. The SMILES string of the molecule is CC.CNc1c(C(C)C)ccnc1C(=N)CCCOCc1ccccc1. The Balaban J connectivity index is 0.00000163. The van der Waals surface area contributed by atoms with Gasteiger partial charge in [0.15, 0.2) is 0 Å². The van der Waals surface area contributed by atoms with Gasteiger partial charge in [-0.25, -0.2) is 0 Å². The van der Waals surface area contributed by atoms with Crippen molar-refractivity contribution in [3.05, 3.63) is 59.4 Å². The first-order valence-corrected chi connectivity index (χ1v) is 9.49. The highest BCUT2D eigenvalue weighted by Gasteiger charge is 2.14. The zero-order valence-electron chi connectivity index (χ0n) is 16.8. The van der Waals surface area contributed by atoms with Crippen LogP contribution in [0.2, 0.25) is 0 Å². The highest BCUT2D eigenvalue weighted by Crippen LogP contribution is 2.26. The maximum Gasteiger partial charge on any atom is 0.107 e. The van der Waals surface area contributed by atoms with Crippen LogP contribution in [0.4, 0.5) is 5.69 Å². The van der Waals surface area contributed by atoms with Gasteiger partial charge in [0.25, 0.3) is 0 Å². The summed E-state index contributed by atoms with van der Waals surface area (Å²) in [6, 6.07) is 12.2. The van der Waals surface area contributed by atoms with Crippen molar-refractivity contribution in [3.8, 4) is 0 Å². The Kier molecular flexibility index (Phi) is 10.3. The molecule has 0 saturated carbocycles. The molecule has 0 spiro atoms. The maximum atomic E-state index is 8.35. The van der Waals surface area contributed by atoms with Gasteiger partial charge in [0, 0.05) is 19.9 Å². The van der Waals surface area contributed by atoms with Crippen molar-refractivity contribution < 1.29 is 4.74 Å². The Bertz CT molecular complexity index is 654. The lowest BCUT2D eigenvalue weighted by molar-refractivity contribution is 0.120. The first kappa shape index (κ1) is 21.8. The number of nitrogens with one attached hydrogen (secondary N) is 2. The summed E-state index contributed by atoms with van der Waals surface area (Å²) in [5.41, 5.74) is 4.67. The van der Waals surface area contributed by atoms with E-state index in [2.05, 4.69) is 36.3 Å². The zero-order valence-corrected chi connectivity index (χ0v) is 16.8. The van der Waals surface area contributed by atoms with Crippen LogP contribution in [0.25, 0.3) is 0 Å². The van der Waals surface area contributed by atoms with E-state index in [-0.39, 0.29) is 0 Å². The van der Waals surface area contributed by atoms with Crippen LogP contribution in [-0.4, -0.2) is 24.4 Å². The second-order valence-electron chi connectivity index (χ2n) is 6.15. The summed E-state index contributed by atoms with van der Waals surface area (Å²) < 4.78 is 5.69. The third kappa shape index (κ3) is 6.60. The summed E-state index contributed by atoms with van der Waals surface area (Å²) in [6.45, 7) is 9.58. The van der Waals surface area contributed by atoms with Crippen LogP contribution in [0.5, 0.6) is 0 Å². The molecule has 0 bridgehead atoms. The lowest BCUT2D eigenvalue weighted by Gasteiger charge is -2.16. The molecule has 0 aliphatic carbocycles. The molecule has 1 aromatic heterocycles. The number of rotatable bonds is 9. The van der Waals surface area contributed by atoms with Crippen molar-refractivity contribution in [2.75, 3.05) is 19.0 Å². The molecule has 0 saturated heterocycles. The minimum absolute atomic E-state index is 0.399. The number of nitrogens with zero attached hydrogens (tertiary/aromatic N) is 1. The normalized spacial score (nSPS) is 10.2. The summed E-state index contributed by atoms with van der Waals surface area (Å²) >= 11 is 0. The first-order chi connectivity index (χ1) is 12.6. The van der Waals surface area contributed by atoms with E-state index in [0.717, 1.165) is 17.8 Å². The predicted molar refractivity (Wildman–Crippen MR) is 111 cm³/mol. The monoisotopic (exact) mass is 355 g/mol. The third-order valence-electron chi connectivity index (χ3n) is 3.97. The molecule has 26 heavy (non-hydrogen) atoms. The van der Waals surface area contributed by atoms with E-state index in [1.165, 1.54) is 11.1 Å². The summed E-state index contributed by atoms with van der Waals surface area (Å²) in [6.07, 6.45) is 3.28. The molecule has 2 rings (SSSR count). The van der Waals surface area contributed by atoms with Crippen LogP contribution in [-0.2, 0) is 11.3 Å². The Morgan fingerprint density at radius 1 is 1.15 bits per heavy atom. The number of pyridine rings is 1. The summed E-state index contributed by atoms with van der Waals surface area (Å²) in [5.74, 6) is 0.399. The van der Waals surface area contributed by atoms with Gasteiger partial charge in [-0.05, 0) is 36.0 Å². The molecule has 0 amide bonds. The topological polar surface area (TPSA) is 58.0 Å². The van der Waals surface area contributed by atoms with Gasteiger partial charge in [0.05, 0.1) is 18.0 Å². The molecule has 4 nitrogen and oxygen atoms in total. The van der Waals surface area contributed by atoms with Crippen LogP contribution in [0.3, 0.4) is 0 Å². The fourth-order valence-electron chi connectivity index (χ4n) is 2.68. The van der Waals surface area contributed by atoms with Crippen molar-refractivity contribution in [3.63, 3.8) is 0 Å². The average molecular weight is 356 g/mol. The number of anilines is 1. The summed E-state index contributed by atoms with van der Waals surface area (Å²) in [7, 11) is 1.89. The van der Waals surface area contributed by atoms with Gasteiger partial charge in [0.1, 0.15) is 5.69 Å². The molecule has 4 heteroatoms. The molecule has 0 radical (unpaired) electrons. The van der Waals surface area contributed by atoms with Crippen LogP contribution in [0.15, 0.2) is 42.6 Å². The Hall–Kier alpha value is -2.20. The quantitative estimate of drug-likeness (QED) is 0.452. The molecule has 1 heterocycles. The van der Waals surface area contributed by atoms with E-state index >= 15 is 0 Å². The fraction of sp³-hybridized carbons (Fsp3) is 0.455. The lowest BCUT2D eigenvalue weighted by atomic mass is 9.98. The Morgan fingerprint density at radius 3 is 2.46 bits per heavy atom. The molecule has 142 valence electrons. The minimum atomic E-state index is 0.399. The maximum absolute atomic E-state index is 8.35. The van der Waals surface area contributed by atoms with E-state index in [1.807, 2.05) is 45.2 Å². The largest absolute Gasteiger partial charge is 0.386 e. The van der Waals surface area contributed by atoms with Crippen LogP contribution >= 0.6 is 0 Å². The van der Waals surface area contributed by atoms with Gasteiger partial charge in [-0.3, -0.25) is 4.98 Å². The number of ether oxygens (including phenoxy) is 1. The van der Waals surface area contributed by atoms with Crippen molar-refractivity contribution in [1.29, 1.82) is 5.41 Å². The van der Waals surface area contributed by atoms with Gasteiger partial charge in [-0.1, -0.05) is 58.0 Å². The van der Waals surface area contributed by atoms with Crippen molar-refractivity contribution in [1.82, 2.24) is 4.98 Å². The van der Waals surface area contributed by atoms with Gasteiger partial charge in [-0.15, -0.1) is 0 Å². The number of hydrogen-bond acceptors (Lipinski definition) is 4. The highest BCUT2D eigenvalue weighted by atomic mass is 16.5. The van der Waals surface area contributed by atoms with Gasteiger partial charge < -0.3 is 15.5 Å². The molecular formula is C22H33N3O. The second kappa shape index (κ2) is 12.2. The fourth-order valence-corrected chi connectivity index (χ4v) is 2.68. The molecule has 1 aromatic carbocycles. The molecule has 0 unspecified atom stereocenters. The molecule has 0 aliphatic heterocycles. The second-order valence-corrected chi connectivity index (χ2v) is 6.15. The molecule has 0 fully saturated rings. The van der Waals surface area contributed by atoms with Crippen LogP contribution in [0.1, 0.15) is 63.3 Å². The minimum Gasteiger partial charge on any atom is -0.386 e. The van der Waals surface area contributed by atoms with Crippen molar-refractivity contribution >= 4 is 11.4 Å². The first-order valence-electron chi connectivity index (χ1n) is 9.49. The number of hydrogen-bond donors (Lipinski definition) is 2. The van der Waals surface area contributed by atoms with E-state index in [4.69, 9.17) is 10.1 Å². The molecule has 0 aliphatic rings. The van der Waals surface area contributed by atoms with E-state index in [9.17, 15) is 0 Å². The Labute approximate surface area is 158 Å². The van der Waals surface area contributed by atoms with Gasteiger partial charge in [-0.2, -0.15) is 0 Å². The summed E-state index contributed by atoms with van der Waals surface area (Å²) in [4.78, 5) is 4.41. The predicted octanol–water partition coefficient (Wildman–Crippen LogP) is 5.64. The van der Waals surface area contributed by atoms with Crippen molar-refractivity contribution in [2.45, 2.75) is 53.1 Å². The third-order valence-corrected chi connectivity index (χ3v) is 3.97. The van der Waals surface area contributed by atoms with Crippen LogP contribution in [0, 0.1) is 5.41 Å². The lowest BCUT2D eigenvalue weighted by Crippen LogP contribution is -2.11. The standard InChI is InChI=1S/C20H27N3O.C2H6/c1-15(2)17-11-12-23-20(19(17)22-3)18(21)10-7-13-24-14-16-8-5-4-6-9-16;1-2/h4-6,8-9,11-12,15,21-22H,7,10,13-14H2,1-3H3;1-2H3. The summed E-state index contributed by atoms with van der Waals surface area (Å²) in [5, 5.41) is 11.6. The molecular weight excluding hydrogens is 322 g/mol. The van der Waals surface area contributed by atoms with Gasteiger partial charge in [0.2, 0.25) is 0 Å². The van der Waals surface area contributed by atoms with Crippen LogP contribution < -0.4 is 5.32 Å². The molecule has 2 aromatic rings. The van der Waals surface area contributed by atoms with E-state index < -0.39 is 0 Å².